The van der Waals surface area contributed by atoms with Crippen LogP contribution in [0.25, 0.3) is 11.1 Å². The molecule has 1 fully saturated rings. The molecule has 0 radical (unpaired) electrons. The van der Waals surface area contributed by atoms with Crippen LogP contribution in [-0.2, 0) is 6.54 Å². The Labute approximate surface area is 165 Å². The van der Waals surface area contributed by atoms with E-state index >= 15 is 0 Å². The molecule has 0 unspecified atom stereocenters. The topological polar surface area (TPSA) is 47.6 Å². The van der Waals surface area contributed by atoms with Crippen molar-refractivity contribution in [1.29, 1.82) is 0 Å². The lowest BCUT2D eigenvalue weighted by Gasteiger charge is -2.16. The molecule has 0 bridgehead atoms. The third-order valence-electron chi connectivity index (χ3n) is 5.89. The first-order valence-electron chi connectivity index (χ1n) is 10.1. The van der Waals surface area contributed by atoms with Gasteiger partial charge in [-0.25, -0.2) is 0 Å². The lowest BCUT2D eigenvalue weighted by atomic mass is 9.88. The van der Waals surface area contributed by atoms with E-state index in [2.05, 4.69) is 29.3 Å². The van der Waals surface area contributed by atoms with Crippen LogP contribution >= 0.6 is 0 Å². The minimum Gasteiger partial charge on any atom is -0.457 e. The van der Waals surface area contributed by atoms with Crippen LogP contribution < -0.4 is 10.5 Å². The average molecular weight is 368 g/mol. The molecule has 3 heteroatoms. The summed E-state index contributed by atoms with van der Waals surface area (Å²) in [6, 6.07) is 22.8. The van der Waals surface area contributed by atoms with Crippen LogP contribution in [0.2, 0.25) is 0 Å². The summed E-state index contributed by atoms with van der Waals surface area (Å²) >= 11 is 0. The molecule has 0 spiro atoms. The van der Waals surface area contributed by atoms with E-state index in [9.17, 15) is 0 Å². The lowest BCUT2D eigenvalue weighted by Crippen LogP contribution is -2.12. The molecule has 28 heavy (non-hydrogen) atoms. The van der Waals surface area contributed by atoms with E-state index < -0.39 is 0 Å². The highest BCUT2D eigenvalue weighted by Crippen LogP contribution is 2.39. The van der Waals surface area contributed by atoms with Crippen molar-refractivity contribution < 1.29 is 4.74 Å². The van der Waals surface area contributed by atoms with Crippen LogP contribution in [0.3, 0.4) is 0 Å². The number of aliphatic imine (C=N–C) groups is 1. The Balaban J connectivity index is 1.50. The van der Waals surface area contributed by atoms with Gasteiger partial charge < -0.3 is 10.5 Å². The van der Waals surface area contributed by atoms with E-state index in [-0.39, 0.29) is 0 Å². The number of amidine groups is 1. The zero-order valence-electron chi connectivity index (χ0n) is 15.9. The summed E-state index contributed by atoms with van der Waals surface area (Å²) in [5.74, 6) is 3.01. The van der Waals surface area contributed by atoms with Gasteiger partial charge in [-0.3, -0.25) is 4.99 Å². The number of nitrogens with zero attached hydrogens (tertiary/aromatic N) is 1. The van der Waals surface area contributed by atoms with Crippen LogP contribution in [0.15, 0.2) is 71.7 Å². The Morgan fingerprint density at radius 3 is 2.32 bits per heavy atom. The molecule has 3 nitrogen and oxygen atoms in total. The first kappa shape index (κ1) is 17.1. The van der Waals surface area contributed by atoms with Gasteiger partial charge in [0.2, 0.25) is 0 Å². The summed E-state index contributed by atoms with van der Waals surface area (Å²) in [5, 5.41) is 0. The van der Waals surface area contributed by atoms with Crippen molar-refractivity contribution in [1.82, 2.24) is 0 Å². The van der Waals surface area contributed by atoms with Crippen LogP contribution in [0.1, 0.15) is 48.3 Å². The van der Waals surface area contributed by atoms with Gasteiger partial charge in [-0.1, -0.05) is 55.3 Å². The molecule has 1 aliphatic heterocycles. The largest absolute Gasteiger partial charge is 0.457 e. The Morgan fingerprint density at radius 2 is 1.57 bits per heavy atom. The van der Waals surface area contributed by atoms with E-state index in [1.54, 1.807) is 0 Å². The number of rotatable bonds is 4. The number of hydrogen-bond donors (Lipinski definition) is 1. The number of fused-ring (bicyclic) bond motifs is 1. The molecule has 3 aromatic rings. The standard InChI is InChI=1S/C25H24N2O/c26-25-24-20(16-27-25)14-19(17-6-4-5-7-17)15-23(24)18-10-12-22(13-11-18)28-21-8-2-1-3-9-21/h1-3,8-15,17H,4-7,16H2,(H2,26,27). The summed E-state index contributed by atoms with van der Waals surface area (Å²) < 4.78 is 5.94. The first-order chi connectivity index (χ1) is 13.8. The third-order valence-corrected chi connectivity index (χ3v) is 5.89. The van der Waals surface area contributed by atoms with Crippen LogP contribution in [0, 0.1) is 0 Å². The molecule has 0 amide bonds. The number of ether oxygens (including phenoxy) is 1. The van der Waals surface area contributed by atoms with Crippen molar-refractivity contribution in [2.75, 3.05) is 0 Å². The quantitative estimate of drug-likeness (QED) is 0.612. The molecular formula is C25H24N2O. The fourth-order valence-electron chi connectivity index (χ4n) is 4.45. The highest BCUT2D eigenvalue weighted by molar-refractivity contribution is 6.06. The van der Waals surface area contributed by atoms with Gasteiger partial charge in [0, 0.05) is 5.56 Å². The summed E-state index contributed by atoms with van der Waals surface area (Å²) in [7, 11) is 0. The summed E-state index contributed by atoms with van der Waals surface area (Å²) in [5.41, 5.74) is 12.4. The fourth-order valence-corrected chi connectivity index (χ4v) is 4.45. The number of nitrogens with two attached hydrogens (primary N) is 1. The van der Waals surface area contributed by atoms with Crippen LogP contribution in [0.5, 0.6) is 11.5 Å². The van der Waals surface area contributed by atoms with Crippen molar-refractivity contribution >= 4 is 5.84 Å². The average Bonchev–Trinajstić information content (AvgIpc) is 3.39. The lowest BCUT2D eigenvalue weighted by molar-refractivity contribution is 0.483. The molecule has 0 saturated heterocycles. The molecule has 5 rings (SSSR count). The Morgan fingerprint density at radius 1 is 0.857 bits per heavy atom. The van der Waals surface area contributed by atoms with Crippen molar-refractivity contribution in [3.8, 4) is 22.6 Å². The van der Waals surface area contributed by atoms with Crippen molar-refractivity contribution in [3.63, 3.8) is 0 Å². The normalized spacial score (nSPS) is 16.1. The van der Waals surface area contributed by atoms with Crippen molar-refractivity contribution in [2.24, 2.45) is 10.7 Å². The second kappa shape index (κ2) is 7.16. The monoisotopic (exact) mass is 368 g/mol. The van der Waals surface area contributed by atoms with Crippen LogP contribution in [-0.4, -0.2) is 5.84 Å². The molecule has 2 aliphatic rings. The van der Waals surface area contributed by atoms with Gasteiger partial charge >= 0.3 is 0 Å². The van der Waals surface area contributed by atoms with Gasteiger partial charge in [0.25, 0.3) is 0 Å². The van der Waals surface area contributed by atoms with Crippen LogP contribution in [0.4, 0.5) is 0 Å². The summed E-state index contributed by atoms with van der Waals surface area (Å²) in [6.07, 6.45) is 5.25. The predicted octanol–water partition coefficient (Wildman–Crippen LogP) is 6.02. The van der Waals surface area contributed by atoms with Gasteiger partial charge in [0.1, 0.15) is 17.3 Å². The minimum atomic E-state index is 0.660. The highest BCUT2D eigenvalue weighted by Gasteiger charge is 2.24. The molecule has 2 N–H and O–H groups in total. The zero-order chi connectivity index (χ0) is 18.9. The van der Waals surface area contributed by atoms with E-state index in [0.717, 1.165) is 22.6 Å². The second-order valence-electron chi connectivity index (χ2n) is 7.72. The first-order valence-corrected chi connectivity index (χ1v) is 10.1. The number of hydrogen-bond acceptors (Lipinski definition) is 3. The molecule has 0 atom stereocenters. The maximum absolute atomic E-state index is 6.25. The summed E-state index contributed by atoms with van der Waals surface area (Å²) in [6.45, 7) is 0.698. The molecule has 140 valence electrons. The smallest absolute Gasteiger partial charge is 0.127 e. The zero-order valence-corrected chi connectivity index (χ0v) is 15.9. The van der Waals surface area contributed by atoms with Gasteiger partial charge in [-0.05, 0) is 65.3 Å². The Hall–Kier alpha value is -3.07. The second-order valence-corrected chi connectivity index (χ2v) is 7.72. The molecular weight excluding hydrogens is 344 g/mol. The minimum absolute atomic E-state index is 0.660. The molecule has 1 aliphatic carbocycles. The van der Waals surface area contributed by atoms with Crippen molar-refractivity contribution in [3.05, 3.63) is 83.4 Å². The molecule has 3 aromatic carbocycles. The Kier molecular flexibility index (Phi) is 4.36. The maximum atomic E-state index is 6.25. The van der Waals surface area contributed by atoms with Gasteiger partial charge in [0.05, 0.1) is 6.54 Å². The van der Waals surface area contributed by atoms with Crippen molar-refractivity contribution in [2.45, 2.75) is 38.1 Å². The van der Waals surface area contributed by atoms with E-state index in [0.29, 0.717) is 18.3 Å². The van der Waals surface area contributed by atoms with Gasteiger partial charge in [-0.2, -0.15) is 0 Å². The van der Waals surface area contributed by atoms with Gasteiger partial charge in [0.15, 0.2) is 0 Å². The number of para-hydroxylation sites is 1. The number of benzene rings is 3. The molecule has 1 heterocycles. The summed E-state index contributed by atoms with van der Waals surface area (Å²) in [4.78, 5) is 4.50. The van der Waals surface area contributed by atoms with E-state index in [1.807, 2.05) is 42.5 Å². The van der Waals surface area contributed by atoms with E-state index in [1.165, 1.54) is 42.4 Å². The van der Waals surface area contributed by atoms with Gasteiger partial charge in [-0.15, -0.1) is 0 Å². The highest BCUT2D eigenvalue weighted by atomic mass is 16.5. The van der Waals surface area contributed by atoms with E-state index in [4.69, 9.17) is 10.5 Å². The maximum Gasteiger partial charge on any atom is 0.127 e. The molecule has 0 aromatic heterocycles. The molecule has 1 saturated carbocycles. The predicted molar refractivity (Wildman–Crippen MR) is 114 cm³/mol. The Bertz CT molecular complexity index is 1020. The SMILES string of the molecule is NC1=NCc2cc(C3CCCC3)cc(-c3ccc(Oc4ccccc4)cc3)c21. The fraction of sp³-hybridized carbons (Fsp3) is 0.240. The third kappa shape index (κ3) is 3.18.